The number of ether oxygens (including phenoxy) is 1. The fourth-order valence-corrected chi connectivity index (χ4v) is 5.42. The maximum atomic E-state index is 12.0. The number of hydrogen-bond acceptors (Lipinski definition) is 7. The fraction of sp³-hybridized carbons (Fsp3) is 0.400. The first-order valence-corrected chi connectivity index (χ1v) is 13.3. The van der Waals surface area contributed by atoms with Crippen molar-refractivity contribution in [3.05, 3.63) is 76.0 Å². The van der Waals surface area contributed by atoms with E-state index in [0.717, 1.165) is 38.9 Å². The molecule has 0 amide bonds. The molecule has 0 saturated heterocycles. The SMILES string of the molecule is Cc1ccc([C@H](CC(=O)O)c2ccc3c(nnn3C)c2C)cc1CN1Cc2nc(O)ccc2O[C@@H](C(C)C)C1. The fourth-order valence-electron chi connectivity index (χ4n) is 5.42. The van der Waals surface area contributed by atoms with Crippen LogP contribution in [0.25, 0.3) is 11.0 Å². The number of aromatic hydroxyl groups is 1. The van der Waals surface area contributed by atoms with Gasteiger partial charge in [-0.1, -0.05) is 43.3 Å². The number of carboxylic acid groups (broad SMARTS) is 1. The van der Waals surface area contributed by atoms with Crippen LogP contribution in [0.2, 0.25) is 0 Å². The lowest BCUT2D eigenvalue weighted by Crippen LogP contribution is -2.36. The number of carbonyl (C=O) groups is 1. The van der Waals surface area contributed by atoms with E-state index in [1.54, 1.807) is 16.8 Å². The molecule has 2 aromatic heterocycles. The third-order valence-electron chi connectivity index (χ3n) is 7.75. The molecule has 2 atom stereocenters. The van der Waals surface area contributed by atoms with Gasteiger partial charge in [-0.3, -0.25) is 9.69 Å². The Morgan fingerprint density at radius 2 is 1.95 bits per heavy atom. The quantitative estimate of drug-likeness (QED) is 0.354. The lowest BCUT2D eigenvalue weighted by molar-refractivity contribution is -0.137. The average Bonchev–Trinajstić information content (AvgIpc) is 3.16. The summed E-state index contributed by atoms with van der Waals surface area (Å²) in [6, 6.07) is 13.5. The highest BCUT2D eigenvalue weighted by molar-refractivity contribution is 5.80. The topological polar surface area (TPSA) is 114 Å². The maximum Gasteiger partial charge on any atom is 0.304 e. The Labute approximate surface area is 228 Å². The number of rotatable bonds is 7. The second-order valence-electron chi connectivity index (χ2n) is 10.9. The first-order chi connectivity index (χ1) is 18.6. The number of fused-ring (bicyclic) bond motifs is 2. The van der Waals surface area contributed by atoms with Crippen molar-refractivity contribution in [2.75, 3.05) is 6.54 Å². The van der Waals surface area contributed by atoms with Gasteiger partial charge in [-0.25, -0.2) is 9.67 Å². The zero-order valence-corrected chi connectivity index (χ0v) is 23.0. The molecule has 5 rings (SSSR count). The lowest BCUT2D eigenvalue weighted by Gasteiger charge is -2.27. The molecule has 0 saturated carbocycles. The maximum absolute atomic E-state index is 12.0. The highest BCUT2D eigenvalue weighted by Crippen LogP contribution is 2.35. The number of pyridine rings is 1. The molecular formula is C30H35N5O4. The molecule has 0 spiro atoms. The minimum Gasteiger partial charge on any atom is -0.493 e. The van der Waals surface area contributed by atoms with E-state index in [-0.39, 0.29) is 24.3 Å². The Hall–Kier alpha value is -3.98. The van der Waals surface area contributed by atoms with E-state index in [2.05, 4.69) is 53.1 Å². The molecule has 1 aliphatic rings. The van der Waals surface area contributed by atoms with E-state index in [9.17, 15) is 15.0 Å². The minimum absolute atomic E-state index is 0.0227. The molecule has 3 heterocycles. The van der Waals surface area contributed by atoms with Crippen LogP contribution in [0.5, 0.6) is 11.6 Å². The van der Waals surface area contributed by atoms with Gasteiger partial charge in [-0.15, -0.1) is 5.10 Å². The zero-order valence-electron chi connectivity index (χ0n) is 23.0. The zero-order chi connectivity index (χ0) is 27.8. The van der Waals surface area contributed by atoms with Crippen LogP contribution in [-0.4, -0.2) is 53.7 Å². The molecule has 204 valence electrons. The molecular weight excluding hydrogens is 494 g/mol. The van der Waals surface area contributed by atoms with Crippen molar-refractivity contribution < 1.29 is 19.7 Å². The molecule has 9 heteroatoms. The van der Waals surface area contributed by atoms with Crippen LogP contribution < -0.4 is 4.74 Å². The summed E-state index contributed by atoms with van der Waals surface area (Å²) in [5, 5.41) is 28.3. The minimum atomic E-state index is -0.854. The molecule has 1 aliphatic heterocycles. The van der Waals surface area contributed by atoms with Crippen molar-refractivity contribution in [3.63, 3.8) is 0 Å². The van der Waals surface area contributed by atoms with Crippen molar-refractivity contribution in [2.45, 2.75) is 59.2 Å². The van der Waals surface area contributed by atoms with Gasteiger partial charge in [-0.05, 0) is 59.7 Å². The molecule has 0 unspecified atom stereocenters. The van der Waals surface area contributed by atoms with Crippen molar-refractivity contribution in [1.82, 2.24) is 24.9 Å². The molecule has 9 nitrogen and oxygen atoms in total. The summed E-state index contributed by atoms with van der Waals surface area (Å²) < 4.78 is 8.02. The Balaban J connectivity index is 1.50. The Morgan fingerprint density at radius 1 is 1.15 bits per heavy atom. The number of benzene rings is 2. The summed E-state index contributed by atoms with van der Waals surface area (Å²) in [6.45, 7) is 10.2. The highest BCUT2D eigenvalue weighted by Gasteiger charge is 2.28. The Morgan fingerprint density at radius 3 is 2.69 bits per heavy atom. The van der Waals surface area contributed by atoms with Gasteiger partial charge < -0.3 is 14.9 Å². The van der Waals surface area contributed by atoms with Gasteiger partial charge in [0.05, 0.1) is 11.9 Å². The van der Waals surface area contributed by atoms with Crippen LogP contribution in [0.1, 0.15) is 59.7 Å². The normalized spacial score (nSPS) is 16.6. The summed E-state index contributed by atoms with van der Waals surface area (Å²) in [4.78, 5) is 18.6. The second kappa shape index (κ2) is 10.6. The lowest BCUT2D eigenvalue weighted by atomic mass is 9.84. The van der Waals surface area contributed by atoms with E-state index in [1.165, 1.54) is 0 Å². The molecule has 0 bridgehead atoms. The number of aliphatic carboxylic acids is 1. The van der Waals surface area contributed by atoms with Crippen LogP contribution in [0.4, 0.5) is 0 Å². The highest BCUT2D eigenvalue weighted by atomic mass is 16.5. The molecule has 0 radical (unpaired) electrons. The van der Waals surface area contributed by atoms with E-state index >= 15 is 0 Å². The van der Waals surface area contributed by atoms with Gasteiger partial charge in [-0.2, -0.15) is 0 Å². The monoisotopic (exact) mass is 529 g/mol. The summed E-state index contributed by atoms with van der Waals surface area (Å²) in [7, 11) is 1.85. The molecule has 0 fully saturated rings. The van der Waals surface area contributed by atoms with Gasteiger partial charge in [0, 0.05) is 38.7 Å². The van der Waals surface area contributed by atoms with E-state index in [1.807, 2.05) is 32.2 Å². The predicted octanol–water partition coefficient (Wildman–Crippen LogP) is 4.71. The third kappa shape index (κ3) is 5.45. The summed E-state index contributed by atoms with van der Waals surface area (Å²) in [5.41, 5.74) is 7.50. The third-order valence-corrected chi connectivity index (χ3v) is 7.75. The van der Waals surface area contributed by atoms with E-state index in [0.29, 0.717) is 37.0 Å². The van der Waals surface area contributed by atoms with Gasteiger partial charge >= 0.3 is 5.97 Å². The van der Waals surface area contributed by atoms with Crippen LogP contribution in [0.15, 0.2) is 42.5 Å². The predicted molar refractivity (Wildman–Crippen MR) is 148 cm³/mol. The number of hydrogen-bond donors (Lipinski definition) is 2. The number of carboxylic acids is 1. The van der Waals surface area contributed by atoms with Crippen molar-refractivity contribution >= 4 is 17.0 Å². The van der Waals surface area contributed by atoms with Crippen LogP contribution >= 0.6 is 0 Å². The first-order valence-electron chi connectivity index (χ1n) is 13.3. The Kier molecular flexibility index (Phi) is 7.27. The summed E-state index contributed by atoms with van der Waals surface area (Å²) in [5.74, 6) is -0.212. The largest absolute Gasteiger partial charge is 0.493 e. The first kappa shape index (κ1) is 26.6. The summed E-state index contributed by atoms with van der Waals surface area (Å²) in [6.07, 6.45) is -0.0548. The van der Waals surface area contributed by atoms with Crippen LogP contribution in [-0.2, 0) is 24.9 Å². The van der Waals surface area contributed by atoms with Gasteiger partial charge in [0.15, 0.2) is 0 Å². The molecule has 0 aliphatic carbocycles. The van der Waals surface area contributed by atoms with Gasteiger partial charge in [0.2, 0.25) is 5.88 Å². The molecule has 4 aromatic rings. The number of aryl methyl sites for hydroxylation is 3. The van der Waals surface area contributed by atoms with E-state index < -0.39 is 5.97 Å². The van der Waals surface area contributed by atoms with Crippen molar-refractivity contribution in [2.24, 2.45) is 13.0 Å². The van der Waals surface area contributed by atoms with Gasteiger partial charge in [0.25, 0.3) is 0 Å². The molecule has 39 heavy (non-hydrogen) atoms. The smallest absolute Gasteiger partial charge is 0.304 e. The Bertz CT molecular complexity index is 1530. The van der Waals surface area contributed by atoms with Gasteiger partial charge in [0.1, 0.15) is 23.1 Å². The van der Waals surface area contributed by atoms with Crippen molar-refractivity contribution in [3.8, 4) is 11.6 Å². The summed E-state index contributed by atoms with van der Waals surface area (Å²) >= 11 is 0. The average molecular weight is 530 g/mol. The standard InChI is InChI=1S/C30H35N5O4/c1-17(2)27-16-35(15-24-26(39-27)10-11-28(36)31-24)14-21-12-20(7-6-18(21)3)23(13-29(37)38)22-8-9-25-30(19(22)4)32-33-34(25)5/h6-12,17,23,27H,13-16H2,1-5H3,(H,31,36)(H,37,38)/t23-,27+/m0/s1. The number of aromatic nitrogens is 4. The van der Waals surface area contributed by atoms with E-state index in [4.69, 9.17) is 4.74 Å². The molecule has 2 aromatic carbocycles. The molecule has 2 N–H and O–H groups in total. The van der Waals surface area contributed by atoms with Crippen molar-refractivity contribution in [1.29, 1.82) is 0 Å². The van der Waals surface area contributed by atoms with Crippen LogP contribution in [0.3, 0.4) is 0 Å². The van der Waals surface area contributed by atoms with Crippen LogP contribution in [0, 0.1) is 19.8 Å². The second-order valence-corrected chi connectivity index (χ2v) is 10.9. The number of nitrogens with zero attached hydrogens (tertiary/aromatic N) is 5.